The van der Waals surface area contributed by atoms with Crippen LogP contribution < -0.4 is 0 Å². The molecule has 0 radical (unpaired) electrons. The first kappa shape index (κ1) is 17.0. The second-order valence-corrected chi connectivity index (χ2v) is 6.97. The standard InChI is InChI=1S/C17H17F3N2OS/c1-11-4-3-7-22(9-11)16(23)14-10-24-15(21-14)12-5-2-6-13(8-12)17(18,19)20/h2,5-6,8,10-11H,3-4,7,9H2,1H3. The number of likely N-dealkylation sites (tertiary alicyclic amines) is 1. The summed E-state index contributed by atoms with van der Waals surface area (Å²) < 4.78 is 38.5. The number of amides is 1. The van der Waals surface area contributed by atoms with Crippen molar-refractivity contribution in [3.8, 4) is 10.6 Å². The largest absolute Gasteiger partial charge is 0.416 e. The molecule has 1 fully saturated rings. The summed E-state index contributed by atoms with van der Waals surface area (Å²) in [4.78, 5) is 18.5. The zero-order valence-corrected chi connectivity index (χ0v) is 14.0. The van der Waals surface area contributed by atoms with Crippen LogP contribution in [0.15, 0.2) is 29.6 Å². The van der Waals surface area contributed by atoms with Crippen LogP contribution in [0, 0.1) is 5.92 Å². The van der Waals surface area contributed by atoms with Gasteiger partial charge < -0.3 is 4.90 Å². The van der Waals surface area contributed by atoms with Crippen LogP contribution in [0.4, 0.5) is 13.2 Å². The molecule has 1 aromatic heterocycles. The van der Waals surface area contributed by atoms with Crippen LogP contribution in [-0.2, 0) is 6.18 Å². The maximum absolute atomic E-state index is 12.8. The van der Waals surface area contributed by atoms with Gasteiger partial charge in [0.25, 0.3) is 5.91 Å². The second-order valence-electron chi connectivity index (χ2n) is 6.12. The highest BCUT2D eigenvalue weighted by molar-refractivity contribution is 7.13. The number of hydrogen-bond acceptors (Lipinski definition) is 3. The summed E-state index contributed by atoms with van der Waals surface area (Å²) in [6, 6.07) is 5.02. The Labute approximate surface area is 142 Å². The Morgan fingerprint density at radius 3 is 2.88 bits per heavy atom. The van der Waals surface area contributed by atoms with Crippen LogP contribution in [0.2, 0.25) is 0 Å². The van der Waals surface area contributed by atoms with Crippen molar-refractivity contribution in [3.63, 3.8) is 0 Å². The van der Waals surface area contributed by atoms with Gasteiger partial charge in [0.2, 0.25) is 0 Å². The lowest BCUT2D eigenvalue weighted by molar-refractivity contribution is -0.137. The summed E-state index contributed by atoms with van der Waals surface area (Å²) in [6.07, 6.45) is -2.32. The van der Waals surface area contributed by atoms with Gasteiger partial charge in [-0.05, 0) is 30.9 Å². The van der Waals surface area contributed by atoms with Crippen molar-refractivity contribution in [1.82, 2.24) is 9.88 Å². The summed E-state index contributed by atoms with van der Waals surface area (Å²) in [5.41, 5.74) is -0.0321. The fourth-order valence-corrected chi connectivity index (χ4v) is 3.66. The van der Waals surface area contributed by atoms with Gasteiger partial charge in [0.05, 0.1) is 5.56 Å². The molecule has 0 spiro atoms. The third-order valence-electron chi connectivity index (χ3n) is 4.10. The van der Waals surface area contributed by atoms with Gasteiger partial charge in [-0.1, -0.05) is 19.1 Å². The average molecular weight is 354 g/mol. The average Bonchev–Trinajstić information content (AvgIpc) is 3.03. The molecule has 1 atom stereocenters. The number of carbonyl (C=O) groups excluding carboxylic acids is 1. The van der Waals surface area contributed by atoms with Crippen molar-refractivity contribution in [2.24, 2.45) is 5.92 Å². The van der Waals surface area contributed by atoms with Crippen molar-refractivity contribution in [3.05, 3.63) is 40.9 Å². The van der Waals surface area contributed by atoms with E-state index < -0.39 is 11.7 Å². The van der Waals surface area contributed by atoms with Gasteiger partial charge in [-0.2, -0.15) is 13.2 Å². The lowest BCUT2D eigenvalue weighted by Gasteiger charge is -2.30. The fraction of sp³-hybridized carbons (Fsp3) is 0.412. The van der Waals surface area contributed by atoms with E-state index in [0.717, 1.165) is 25.0 Å². The SMILES string of the molecule is CC1CCCN(C(=O)c2csc(-c3cccc(C(F)(F)F)c3)n2)C1. The number of piperidine rings is 1. The Morgan fingerprint density at radius 1 is 1.38 bits per heavy atom. The molecule has 0 saturated carbocycles. The number of rotatable bonds is 2. The molecule has 3 nitrogen and oxygen atoms in total. The van der Waals surface area contributed by atoms with Crippen LogP contribution in [-0.4, -0.2) is 28.9 Å². The minimum atomic E-state index is -4.39. The topological polar surface area (TPSA) is 33.2 Å². The molecule has 1 aliphatic rings. The molecule has 1 unspecified atom stereocenters. The lowest BCUT2D eigenvalue weighted by Crippen LogP contribution is -2.39. The van der Waals surface area contributed by atoms with Gasteiger partial charge in [-0.15, -0.1) is 11.3 Å². The molecule has 0 bridgehead atoms. The summed E-state index contributed by atoms with van der Waals surface area (Å²) >= 11 is 1.19. The van der Waals surface area contributed by atoms with Crippen LogP contribution >= 0.6 is 11.3 Å². The third-order valence-corrected chi connectivity index (χ3v) is 5.00. The highest BCUT2D eigenvalue weighted by atomic mass is 32.1. The third kappa shape index (κ3) is 3.61. The molecular formula is C17H17F3N2OS. The van der Waals surface area contributed by atoms with E-state index in [1.165, 1.54) is 17.4 Å². The molecule has 1 saturated heterocycles. The summed E-state index contributed by atoms with van der Waals surface area (Å²) in [5.74, 6) is 0.320. The molecule has 2 aromatic rings. The highest BCUT2D eigenvalue weighted by Crippen LogP contribution is 2.33. The number of nitrogens with zero attached hydrogens (tertiary/aromatic N) is 2. The Kier molecular flexibility index (Phi) is 4.62. The Morgan fingerprint density at radius 2 is 2.17 bits per heavy atom. The Hall–Kier alpha value is -1.89. The molecule has 0 N–H and O–H groups in total. The van der Waals surface area contributed by atoms with Gasteiger partial charge in [0, 0.05) is 24.0 Å². The van der Waals surface area contributed by atoms with Gasteiger partial charge in [-0.25, -0.2) is 4.98 Å². The number of benzene rings is 1. The Bertz CT molecular complexity index is 741. The van der Waals surface area contributed by atoms with Crippen molar-refractivity contribution in [1.29, 1.82) is 0 Å². The Balaban J connectivity index is 1.82. The first-order valence-corrected chi connectivity index (χ1v) is 8.65. The minimum absolute atomic E-state index is 0.143. The molecule has 1 amide bonds. The minimum Gasteiger partial charge on any atom is -0.337 e. The smallest absolute Gasteiger partial charge is 0.337 e. The van der Waals surface area contributed by atoms with Crippen LogP contribution in [0.5, 0.6) is 0 Å². The maximum atomic E-state index is 12.8. The van der Waals surface area contributed by atoms with Gasteiger partial charge in [0.15, 0.2) is 0 Å². The molecule has 24 heavy (non-hydrogen) atoms. The van der Waals surface area contributed by atoms with Gasteiger partial charge >= 0.3 is 6.18 Å². The molecule has 1 aromatic carbocycles. The van der Waals surface area contributed by atoms with E-state index in [4.69, 9.17) is 0 Å². The summed E-state index contributed by atoms with van der Waals surface area (Å²) in [6.45, 7) is 3.52. The molecule has 2 heterocycles. The molecule has 128 valence electrons. The number of aromatic nitrogens is 1. The van der Waals surface area contributed by atoms with Gasteiger partial charge in [0.1, 0.15) is 10.7 Å². The van der Waals surface area contributed by atoms with Crippen molar-refractivity contribution in [2.75, 3.05) is 13.1 Å². The number of halogens is 3. The second kappa shape index (κ2) is 6.55. The number of hydrogen-bond donors (Lipinski definition) is 0. The molecule has 1 aliphatic heterocycles. The van der Waals surface area contributed by atoms with E-state index >= 15 is 0 Å². The van der Waals surface area contributed by atoms with E-state index in [2.05, 4.69) is 11.9 Å². The van der Waals surface area contributed by atoms with Crippen LogP contribution in [0.1, 0.15) is 35.8 Å². The van der Waals surface area contributed by atoms with Crippen LogP contribution in [0.3, 0.4) is 0 Å². The quantitative estimate of drug-likeness (QED) is 0.783. The number of carbonyl (C=O) groups is 1. The fourth-order valence-electron chi connectivity index (χ4n) is 2.87. The van der Waals surface area contributed by atoms with Crippen molar-refractivity contribution < 1.29 is 18.0 Å². The summed E-state index contributed by atoms with van der Waals surface area (Å²) in [5, 5.41) is 2.05. The van der Waals surface area contributed by atoms with Crippen LogP contribution in [0.25, 0.3) is 10.6 Å². The van der Waals surface area contributed by atoms with E-state index in [0.29, 0.717) is 35.3 Å². The first-order chi connectivity index (χ1) is 11.3. The highest BCUT2D eigenvalue weighted by Gasteiger charge is 2.31. The monoisotopic (exact) mass is 354 g/mol. The predicted molar refractivity (Wildman–Crippen MR) is 86.9 cm³/mol. The van der Waals surface area contributed by atoms with Crippen molar-refractivity contribution in [2.45, 2.75) is 25.9 Å². The molecular weight excluding hydrogens is 337 g/mol. The first-order valence-electron chi connectivity index (χ1n) is 7.77. The number of alkyl halides is 3. The number of thiazole rings is 1. The lowest BCUT2D eigenvalue weighted by atomic mass is 10.0. The molecule has 3 rings (SSSR count). The van der Waals surface area contributed by atoms with Gasteiger partial charge in [-0.3, -0.25) is 4.79 Å². The maximum Gasteiger partial charge on any atom is 0.416 e. The van der Waals surface area contributed by atoms with E-state index in [1.54, 1.807) is 16.3 Å². The zero-order chi connectivity index (χ0) is 17.3. The normalized spacial score (nSPS) is 18.7. The summed E-state index contributed by atoms with van der Waals surface area (Å²) in [7, 11) is 0. The molecule has 7 heteroatoms. The van der Waals surface area contributed by atoms with E-state index in [-0.39, 0.29) is 5.91 Å². The predicted octanol–water partition coefficient (Wildman–Crippen LogP) is 4.70. The van der Waals surface area contributed by atoms with E-state index in [9.17, 15) is 18.0 Å². The van der Waals surface area contributed by atoms with E-state index in [1.807, 2.05) is 0 Å². The van der Waals surface area contributed by atoms with Crippen molar-refractivity contribution >= 4 is 17.2 Å². The zero-order valence-electron chi connectivity index (χ0n) is 13.1. The molecule has 0 aliphatic carbocycles.